The summed E-state index contributed by atoms with van der Waals surface area (Å²) < 4.78 is 32.1. The van der Waals surface area contributed by atoms with E-state index in [1.807, 2.05) is 12.2 Å². The molecule has 0 heterocycles. The molecule has 2 aliphatic rings. The van der Waals surface area contributed by atoms with Gasteiger partial charge in [-0.05, 0) is 30.6 Å². The number of carbonyl (C=O) groups excluding carboxylic acids is 1. The van der Waals surface area contributed by atoms with Crippen molar-refractivity contribution in [2.24, 2.45) is 23.7 Å². The van der Waals surface area contributed by atoms with Crippen LogP contribution in [-0.4, -0.2) is 29.1 Å². The van der Waals surface area contributed by atoms with Gasteiger partial charge in [-0.15, -0.1) is 0 Å². The van der Waals surface area contributed by atoms with Gasteiger partial charge in [-0.3, -0.25) is 4.79 Å². The van der Waals surface area contributed by atoms with Crippen LogP contribution in [0, 0.1) is 23.7 Å². The Bertz CT molecular complexity index is 444. The summed E-state index contributed by atoms with van der Waals surface area (Å²) in [5, 5.41) is 8.59. The second-order valence-electron chi connectivity index (χ2n) is 5.92. The highest BCUT2D eigenvalue weighted by Crippen LogP contribution is 2.44. The van der Waals surface area contributed by atoms with Crippen LogP contribution in [0.25, 0.3) is 0 Å². The van der Waals surface area contributed by atoms with Crippen molar-refractivity contribution >= 4 is 11.9 Å². The molecule has 0 spiro atoms. The largest absolute Gasteiger partial charge is 0.477 e. The third-order valence-corrected chi connectivity index (χ3v) is 4.07. The van der Waals surface area contributed by atoms with E-state index in [1.54, 1.807) is 0 Å². The number of carbonyl (C=O) groups is 2. The molecule has 0 aliphatic heterocycles. The first-order valence-electron chi connectivity index (χ1n) is 6.73. The Morgan fingerprint density at radius 2 is 1.95 bits per heavy atom. The maximum absolute atomic E-state index is 13.6. The van der Waals surface area contributed by atoms with Crippen LogP contribution < -0.4 is 0 Å². The lowest BCUT2D eigenvalue weighted by molar-refractivity contribution is -0.201. The highest BCUT2D eigenvalue weighted by molar-refractivity contribution is 5.78. The Morgan fingerprint density at radius 3 is 2.35 bits per heavy atom. The molecule has 1 N–H and O–H groups in total. The lowest BCUT2D eigenvalue weighted by Gasteiger charge is -2.28. The molecular weight excluding hydrogens is 270 g/mol. The van der Waals surface area contributed by atoms with Crippen molar-refractivity contribution in [2.75, 3.05) is 0 Å². The van der Waals surface area contributed by atoms with Crippen LogP contribution in [-0.2, 0) is 14.3 Å². The van der Waals surface area contributed by atoms with Crippen molar-refractivity contribution in [1.82, 2.24) is 0 Å². The van der Waals surface area contributed by atoms with Crippen molar-refractivity contribution < 1.29 is 28.2 Å². The van der Waals surface area contributed by atoms with Gasteiger partial charge in [0.2, 0.25) is 0 Å². The number of rotatable bonds is 5. The monoisotopic (exact) mass is 288 g/mol. The summed E-state index contributed by atoms with van der Waals surface area (Å²) in [5.74, 6) is -7.89. The third-order valence-electron chi connectivity index (χ3n) is 4.07. The molecule has 1 fully saturated rings. The van der Waals surface area contributed by atoms with Crippen molar-refractivity contribution in [1.29, 1.82) is 0 Å². The molecule has 2 rings (SSSR count). The molecule has 4 unspecified atom stereocenters. The van der Waals surface area contributed by atoms with Gasteiger partial charge in [0.1, 0.15) is 0 Å². The molecule has 6 heteroatoms. The van der Waals surface area contributed by atoms with Crippen LogP contribution in [0.5, 0.6) is 0 Å². The number of alkyl halides is 2. The molecule has 112 valence electrons. The Hall–Kier alpha value is -1.46. The number of fused-ring (bicyclic) bond motifs is 2. The fourth-order valence-corrected chi connectivity index (χ4v) is 3.01. The fourth-order valence-electron chi connectivity index (χ4n) is 3.01. The summed E-state index contributed by atoms with van der Waals surface area (Å²) in [7, 11) is 0. The lowest BCUT2D eigenvalue weighted by Crippen LogP contribution is -2.48. The summed E-state index contributed by atoms with van der Waals surface area (Å²) in [6, 6.07) is 0. The van der Waals surface area contributed by atoms with Crippen LogP contribution in [0.1, 0.15) is 26.7 Å². The van der Waals surface area contributed by atoms with E-state index in [2.05, 4.69) is 0 Å². The minimum absolute atomic E-state index is 0.0405. The molecule has 2 bridgehead atoms. The first-order valence-corrected chi connectivity index (χ1v) is 6.73. The average molecular weight is 288 g/mol. The lowest BCUT2D eigenvalue weighted by atomic mass is 9.93. The van der Waals surface area contributed by atoms with Gasteiger partial charge in [-0.1, -0.05) is 26.0 Å². The molecule has 4 atom stereocenters. The number of ether oxygens (including phenoxy) is 1. The number of esters is 1. The van der Waals surface area contributed by atoms with Crippen molar-refractivity contribution in [3.63, 3.8) is 0 Å². The van der Waals surface area contributed by atoms with Crippen LogP contribution in [0.2, 0.25) is 0 Å². The van der Waals surface area contributed by atoms with E-state index in [9.17, 15) is 18.4 Å². The topological polar surface area (TPSA) is 63.6 Å². The molecule has 0 radical (unpaired) electrons. The Kier molecular flexibility index (Phi) is 3.84. The zero-order chi connectivity index (χ0) is 15.1. The van der Waals surface area contributed by atoms with Gasteiger partial charge in [0.05, 0.1) is 5.92 Å². The minimum Gasteiger partial charge on any atom is -0.477 e. The normalized spacial score (nSPS) is 29.8. The first kappa shape index (κ1) is 14.9. The van der Waals surface area contributed by atoms with Crippen LogP contribution in [0.4, 0.5) is 8.78 Å². The van der Waals surface area contributed by atoms with E-state index in [0.717, 1.165) is 6.42 Å². The molecule has 2 aliphatic carbocycles. The van der Waals surface area contributed by atoms with Gasteiger partial charge in [0.15, 0.2) is 6.10 Å². The SMILES string of the molecule is CC(C)C(OC(=O)C1CC2C=CC1C2)C(F)(F)C(=O)O. The summed E-state index contributed by atoms with van der Waals surface area (Å²) in [5.41, 5.74) is 0. The number of carboxylic acids is 1. The Morgan fingerprint density at radius 1 is 1.30 bits per heavy atom. The van der Waals surface area contributed by atoms with Gasteiger partial charge in [-0.25, -0.2) is 4.79 Å². The van der Waals surface area contributed by atoms with Gasteiger partial charge in [0, 0.05) is 0 Å². The molecule has 0 saturated heterocycles. The number of allylic oxidation sites excluding steroid dienone is 2. The van der Waals surface area contributed by atoms with Gasteiger partial charge >= 0.3 is 17.9 Å². The van der Waals surface area contributed by atoms with E-state index in [-0.39, 0.29) is 5.92 Å². The molecular formula is C14H18F2O4. The standard InChI is InChI=1S/C14H18F2O4/c1-7(2)11(14(15,16)13(18)19)20-12(17)10-6-8-3-4-9(10)5-8/h3-4,7-11H,5-6H2,1-2H3,(H,18,19). The summed E-state index contributed by atoms with van der Waals surface area (Å²) in [6.45, 7) is 2.82. The number of hydrogen-bond acceptors (Lipinski definition) is 3. The highest BCUT2D eigenvalue weighted by atomic mass is 19.3. The van der Waals surface area contributed by atoms with E-state index >= 15 is 0 Å². The first-order chi connectivity index (χ1) is 9.23. The zero-order valence-corrected chi connectivity index (χ0v) is 11.4. The molecule has 1 saturated carbocycles. The van der Waals surface area contributed by atoms with Crippen molar-refractivity contribution in [2.45, 2.75) is 38.7 Å². The molecule has 0 aromatic rings. The second kappa shape index (κ2) is 5.14. The predicted octanol–water partition coefficient (Wildman–Crippen LogP) is 2.49. The summed E-state index contributed by atoms with van der Waals surface area (Å²) >= 11 is 0. The number of carboxylic acid groups (broad SMARTS) is 1. The quantitative estimate of drug-likeness (QED) is 0.623. The third kappa shape index (κ3) is 2.55. The van der Waals surface area contributed by atoms with E-state index < -0.39 is 35.8 Å². The number of hydrogen-bond donors (Lipinski definition) is 1. The Balaban J connectivity index is 2.07. The smallest absolute Gasteiger partial charge is 0.378 e. The van der Waals surface area contributed by atoms with Gasteiger partial charge in [0.25, 0.3) is 0 Å². The maximum atomic E-state index is 13.6. The maximum Gasteiger partial charge on any atom is 0.378 e. The summed E-state index contributed by atoms with van der Waals surface area (Å²) in [6.07, 6.45) is 3.46. The van der Waals surface area contributed by atoms with Crippen LogP contribution in [0.15, 0.2) is 12.2 Å². The van der Waals surface area contributed by atoms with Gasteiger partial charge in [-0.2, -0.15) is 8.78 Å². The highest BCUT2D eigenvalue weighted by Gasteiger charge is 2.53. The summed E-state index contributed by atoms with van der Waals surface area (Å²) in [4.78, 5) is 22.7. The molecule has 0 amide bonds. The Labute approximate surface area is 115 Å². The average Bonchev–Trinajstić information content (AvgIpc) is 2.96. The van der Waals surface area contributed by atoms with E-state index in [1.165, 1.54) is 13.8 Å². The van der Waals surface area contributed by atoms with E-state index in [4.69, 9.17) is 9.84 Å². The van der Waals surface area contributed by atoms with Crippen LogP contribution >= 0.6 is 0 Å². The molecule has 0 aromatic carbocycles. The molecule has 0 aromatic heterocycles. The predicted molar refractivity (Wildman–Crippen MR) is 66.1 cm³/mol. The number of aliphatic carboxylic acids is 1. The second-order valence-corrected chi connectivity index (χ2v) is 5.92. The molecule has 20 heavy (non-hydrogen) atoms. The fraction of sp³-hybridized carbons (Fsp3) is 0.714. The van der Waals surface area contributed by atoms with Crippen molar-refractivity contribution in [3.05, 3.63) is 12.2 Å². The van der Waals surface area contributed by atoms with E-state index in [0.29, 0.717) is 12.3 Å². The zero-order valence-electron chi connectivity index (χ0n) is 11.4. The number of halogens is 2. The van der Waals surface area contributed by atoms with Crippen molar-refractivity contribution in [3.8, 4) is 0 Å². The van der Waals surface area contributed by atoms with Crippen LogP contribution in [0.3, 0.4) is 0 Å². The minimum atomic E-state index is -4.07. The molecule has 4 nitrogen and oxygen atoms in total. The van der Waals surface area contributed by atoms with Gasteiger partial charge < -0.3 is 9.84 Å².